The molecule has 2 N–H and O–H groups in total. The average Bonchev–Trinajstić information content (AvgIpc) is 3.92. The van der Waals surface area contributed by atoms with E-state index in [0.29, 0.717) is 21.1 Å². The molecule has 0 spiro atoms. The molecule has 0 saturated carbocycles. The van der Waals surface area contributed by atoms with E-state index in [1.807, 2.05) is 152 Å². The van der Waals surface area contributed by atoms with E-state index in [4.69, 9.17) is 24.0 Å². The third-order valence-electron chi connectivity index (χ3n) is 12.4. The molecular formula is C57H50IN5O8S2. The summed E-state index contributed by atoms with van der Waals surface area (Å²) in [6, 6.07) is 54.9. The lowest BCUT2D eigenvalue weighted by Crippen LogP contribution is -2.71. The molecule has 2 aliphatic heterocycles. The van der Waals surface area contributed by atoms with Crippen LogP contribution in [-0.4, -0.2) is 74.2 Å². The largest absolute Gasteiger partial charge is 0.497 e. The van der Waals surface area contributed by atoms with Gasteiger partial charge in [-0.2, -0.15) is 0 Å². The van der Waals surface area contributed by atoms with Crippen LogP contribution in [-0.2, 0) is 45.6 Å². The molecule has 2 unspecified atom stereocenters. The van der Waals surface area contributed by atoms with Gasteiger partial charge in [0.1, 0.15) is 40.7 Å². The lowest BCUT2D eigenvalue weighted by molar-refractivity contribution is -0.161. The minimum absolute atomic E-state index is 0.0141. The number of nitrogens with zero attached hydrogens (tertiary/aromatic N) is 3. The van der Waals surface area contributed by atoms with Gasteiger partial charge in [-0.25, -0.2) is 14.6 Å². The molecule has 13 nitrogen and oxygen atoms in total. The third-order valence-corrected chi connectivity index (χ3v) is 15.5. The van der Waals surface area contributed by atoms with E-state index >= 15 is 0 Å². The number of thioether (sulfide) groups is 1. The Morgan fingerprint density at radius 1 is 0.795 bits per heavy atom. The molecule has 0 radical (unpaired) electrons. The van der Waals surface area contributed by atoms with E-state index in [1.165, 1.54) is 28.0 Å². The molecule has 9 rings (SSSR count). The number of methoxy groups -OCH3 is 1. The van der Waals surface area contributed by atoms with Gasteiger partial charge in [0.25, 0.3) is 11.8 Å². The molecule has 6 aromatic carbocycles. The van der Waals surface area contributed by atoms with E-state index in [-0.39, 0.29) is 30.1 Å². The number of anilines is 1. The van der Waals surface area contributed by atoms with Gasteiger partial charge in [0.15, 0.2) is 16.9 Å². The van der Waals surface area contributed by atoms with Crippen molar-refractivity contribution in [2.45, 2.75) is 49.1 Å². The number of thiazole rings is 1. The molecule has 73 heavy (non-hydrogen) atoms. The van der Waals surface area contributed by atoms with E-state index in [0.717, 1.165) is 39.0 Å². The Hall–Kier alpha value is -7.28. The van der Waals surface area contributed by atoms with Crippen LogP contribution in [0.25, 0.3) is 0 Å². The summed E-state index contributed by atoms with van der Waals surface area (Å²) in [5.74, 6) is -1.51. The molecule has 370 valence electrons. The average molecular weight is 1120 g/mol. The van der Waals surface area contributed by atoms with Gasteiger partial charge >= 0.3 is 11.9 Å². The van der Waals surface area contributed by atoms with Gasteiger partial charge in [-0.3, -0.25) is 14.5 Å². The number of nitrogens with one attached hydrogen (secondary N) is 2. The van der Waals surface area contributed by atoms with Crippen LogP contribution in [0.5, 0.6) is 5.75 Å². The van der Waals surface area contributed by atoms with Crippen LogP contribution in [0.1, 0.15) is 58.5 Å². The Labute approximate surface area is 445 Å². The Bertz CT molecular complexity index is 2960. The van der Waals surface area contributed by atoms with Crippen molar-refractivity contribution >= 4 is 80.3 Å². The first kappa shape index (κ1) is 50.7. The number of hydrogen-bond acceptors (Lipinski definition) is 13. The topological polar surface area (TPSA) is 158 Å². The van der Waals surface area contributed by atoms with Crippen molar-refractivity contribution < 1.29 is 38.2 Å². The van der Waals surface area contributed by atoms with Gasteiger partial charge in [0.2, 0.25) is 6.10 Å². The van der Waals surface area contributed by atoms with E-state index in [2.05, 4.69) is 38.4 Å². The molecule has 1 fully saturated rings. The zero-order valence-electron chi connectivity index (χ0n) is 39.8. The van der Waals surface area contributed by atoms with Crippen molar-refractivity contribution in [1.29, 1.82) is 0 Å². The summed E-state index contributed by atoms with van der Waals surface area (Å²) in [5.41, 5.74) is 4.89. The first-order valence-corrected chi connectivity index (χ1v) is 27.0. The third kappa shape index (κ3) is 11.1. The van der Waals surface area contributed by atoms with Gasteiger partial charge in [-0.05, 0) is 57.5 Å². The van der Waals surface area contributed by atoms with Gasteiger partial charge in [-0.1, -0.05) is 198 Å². The first-order valence-electron chi connectivity index (χ1n) is 23.5. The lowest BCUT2D eigenvalue weighted by atomic mass is 9.77. The number of halogens is 1. The Balaban J connectivity index is 1.02. The number of β-lactam (4-membered cyclic amide) rings is 1. The van der Waals surface area contributed by atoms with Crippen molar-refractivity contribution in [2.24, 2.45) is 5.16 Å². The minimum Gasteiger partial charge on any atom is -0.497 e. The van der Waals surface area contributed by atoms with Crippen LogP contribution >= 0.6 is 45.7 Å². The number of amides is 2. The molecular weight excluding hydrogens is 1070 g/mol. The van der Waals surface area contributed by atoms with Crippen molar-refractivity contribution in [3.63, 3.8) is 0 Å². The molecule has 16 heteroatoms. The SMILES string of the molecule is CCC(ON=C(C(=O)NC1C(=O)N2C(C(=O)OCc3ccc(OC)cc3)=C(CI)CS[C@H]12)c1csc(NC(c2ccccc2)(c2ccccc2)c2ccccc2)n1)C(=O)OC(c1ccccc1)c1ccccc1. The number of esters is 2. The fourth-order valence-corrected chi connectivity index (χ4v) is 11.8. The number of carbonyl (C=O) groups is 4. The molecule has 0 aliphatic carbocycles. The molecule has 3 heterocycles. The second-order valence-electron chi connectivity index (χ2n) is 17.0. The van der Waals surface area contributed by atoms with Crippen LogP contribution < -0.4 is 15.4 Å². The summed E-state index contributed by atoms with van der Waals surface area (Å²) < 4.78 is 17.7. The van der Waals surface area contributed by atoms with E-state index in [9.17, 15) is 19.2 Å². The van der Waals surface area contributed by atoms with Crippen molar-refractivity contribution in [1.82, 2.24) is 15.2 Å². The fraction of sp³-hybridized carbons (Fsp3) is 0.193. The highest BCUT2D eigenvalue weighted by molar-refractivity contribution is 14.1. The van der Waals surface area contributed by atoms with Crippen LogP contribution in [0.4, 0.5) is 5.13 Å². The highest BCUT2D eigenvalue weighted by Crippen LogP contribution is 2.43. The van der Waals surface area contributed by atoms with E-state index in [1.54, 1.807) is 43.7 Å². The second kappa shape index (κ2) is 23.5. The second-order valence-corrected chi connectivity index (χ2v) is 19.7. The highest BCUT2D eigenvalue weighted by atomic mass is 127. The molecule has 2 aliphatic rings. The summed E-state index contributed by atoms with van der Waals surface area (Å²) in [6.07, 6.45) is -1.85. The maximum absolute atomic E-state index is 14.8. The van der Waals surface area contributed by atoms with Crippen LogP contribution in [0, 0.1) is 0 Å². The van der Waals surface area contributed by atoms with Crippen LogP contribution in [0.3, 0.4) is 0 Å². The van der Waals surface area contributed by atoms with Crippen LogP contribution in [0.2, 0.25) is 0 Å². The summed E-state index contributed by atoms with van der Waals surface area (Å²) in [4.78, 5) is 69.3. The maximum Gasteiger partial charge on any atom is 0.355 e. The number of benzene rings is 6. The zero-order valence-corrected chi connectivity index (χ0v) is 43.6. The maximum atomic E-state index is 14.8. The number of rotatable bonds is 20. The number of fused-ring (bicyclic) bond motifs is 1. The zero-order chi connectivity index (χ0) is 50.7. The van der Waals surface area contributed by atoms with Gasteiger partial charge < -0.3 is 29.7 Å². The molecule has 3 atom stereocenters. The number of oxime groups is 1. The molecule has 1 aromatic heterocycles. The first-order chi connectivity index (χ1) is 35.7. The normalized spacial score (nSPS) is 15.9. The Kier molecular flexibility index (Phi) is 16.3. The van der Waals surface area contributed by atoms with Gasteiger partial charge in [0, 0.05) is 15.6 Å². The summed E-state index contributed by atoms with van der Waals surface area (Å²) in [6.45, 7) is 1.74. The molecule has 0 bridgehead atoms. The summed E-state index contributed by atoms with van der Waals surface area (Å²) >= 11 is 4.85. The number of aromatic nitrogens is 1. The number of alkyl halides is 1. The standard InChI is InChI=1S/C57H50IN5O8S2/c1-3-46(54(66)70-50(38-19-9-4-10-20-38)39-21-11-5-12-22-39)71-62-47(45-36-73-56(59-45)61-57(41-23-13-6-14-24-41,42-25-15-7-16-26-42)43-27-17-8-18-28-43)51(64)60-48-52(65)63-49(40(33-58)35-72-53(48)63)55(67)69-34-37-29-31-44(68-2)32-30-37/h4-32,36,46,48,50,53H,3,33-35H2,1-2H3,(H,59,61)(H,60,64)/t46?,48?,53-/m1/s1. The predicted molar refractivity (Wildman–Crippen MR) is 291 cm³/mol. The van der Waals surface area contributed by atoms with Crippen molar-refractivity contribution in [2.75, 3.05) is 22.6 Å². The molecule has 1 saturated heterocycles. The Morgan fingerprint density at radius 3 is 1.86 bits per heavy atom. The van der Waals surface area contributed by atoms with Crippen molar-refractivity contribution in [3.8, 4) is 5.75 Å². The fourth-order valence-electron chi connectivity index (χ4n) is 8.69. The predicted octanol–water partition coefficient (Wildman–Crippen LogP) is 10.2. The summed E-state index contributed by atoms with van der Waals surface area (Å²) in [7, 11) is 1.57. The Morgan fingerprint density at radius 2 is 1.34 bits per heavy atom. The van der Waals surface area contributed by atoms with Crippen molar-refractivity contribution in [3.05, 3.63) is 232 Å². The lowest BCUT2D eigenvalue weighted by Gasteiger charge is -2.49. The minimum atomic E-state index is -1.24. The molecule has 2 amide bonds. The summed E-state index contributed by atoms with van der Waals surface area (Å²) in [5, 5.41) is 12.5. The quantitative estimate of drug-likeness (QED) is 0.0142. The molecule has 7 aromatic rings. The number of hydrogen-bond donors (Lipinski definition) is 2. The van der Waals surface area contributed by atoms with Gasteiger partial charge in [-0.15, -0.1) is 23.1 Å². The van der Waals surface area contributed by atoms with Gasteiger partial charge in [0.05, 0.1) is 7.11 Å². The highest BCUT2D eigenvalue weighted by Gasteiger charge is 2.54. The number of ether oxygens (including phenoxy) is 3. The smallest absolute Gasteiger partial charge is 0.355 e. The number of carbonyl (C=O) groups excluding carboxylic acids is 4. The van der Waals surface area contributed by atoms with E-state index < -0.39 is 52.9 Å². The van der Waals surface area contributed by atoms with Crippen LogP contribution in [0.15, 0.2) is 198 Å². The monoisotopic (exact) mass is 1120 g/mol.